The quantitative estimate of drug-likeness (QED) is 0.747. The van der Waals surface area contributed by atoms with Crippen molar-refractivity contribution < 1.29 is 4.79 Å². The van der Waals surface area contributed by atoms with E-state index in [0.717, 1.165) is 18.5 Å². The molecule has 7 heteroatoms. The minimum Gasteiger partial charge on any atom is -0.338 e. The van der Waals surface area contributed by atoms with E-state index in [4.69, 9.17) is 0 Å². The molecule has 1 amide bonds. The predicted molar refractivity (Wildman–Crippen MR) is 93.6 cm³/mol. The molecule has 1 aliphatic rings. The number of fused-ring (bicyclic) bond motifs is 1. The molecule has 0 spiro atoms. The van der Waals surface area contributed by atoms with Crippen LogP contribution in [-0.2, 0) is 0 Å². The van der Waals surface area contributed by atoms with Gasteiger partial charge >= 0.3 is 0 Å². The number of aromatic nitrogens is 4. The monoisotopic (exact) mass is 337 g/mol. The van der Waals surface area contributed by atoms with Crippen molar-refractivity contribution in [3.05, 3.63) is 57.9 Å². The molecule has 2 aromatic heterocycles. The van der Waals surface area contributed by atoms with Crippen LogP contribution >= 0.6 is 0 Å². The minimum atomic E-state index is -0.130. The summed E-state index contributed by atoms with van der Waals surface area (Å²) in [5, 5.41) is 7.32. The highest BCUT2D eigenvalue weighted by molar-refractivity contribution is 5.95. The van der Waals surface area contributed by atoms with Gasteiger partial charge in [0.05, 0.1) is 22.7 Å². The maximum absolute atomic E-state index is 12.7. The Morgan fingerprint density at radius 1 is 1.32 bits per heavy atom. The Kier molecular flexibility index (Phi) is 3.83. The maximum atomic E-state index is 12.7. The molecule has 0 aliphatic carbocycles. The first kappa shape index (κ1) is 15.6. The van der Waals surface area contributed by atoms with E-state index in [1.807, 2.05) is 30.0 Å². The molecule has 3 heterocycles. The standard InChI is InChI=1S/C18H19N5O2/c1-11-14(9-19-22-11)18(25)23-8-4-5-12(10-23)16-20-15-7-3-2-6-13(15)17(24)21-16/h2-3,6-7,9,12H,4-5,8,10H2,1H3,(H,19,22)(H,20,21,24)/t12-/m0/s1. The molecule has 128 valence electrons. The number of H-pyrrole nitrogens is 2. The van der Waals surface area contributed by atoms with E-state index >= 15 is 0 Å². The molecule has 0 unspecified atom stereocenters. The number of nitrogens with zero attached hydrogens (tertiary/aromatic N) is 3. The number of rotatable bonds is 2. The molecule has 0 bridgehead atoms. The fourth-order valence-corrected chi connectivity index (χ4v) is 3.42. The number of aromatic amines is 2. The predicted octanol–water partition coefficient (Wildman–Crippen LogP) is 1.97. The molecule has 1 atom stereocenters. The lowest BCUT2D eigenvalue weighted by molar-refractivity contribution is 0.0704. The number of likely N-dealkylation sites (tertiary alicyclic amines) is 1. The summed E-state index contributed by atoms with van der Waals surface area (Å²) in [5.41, 5.74) is 1.93. The highest BCUT2D eigenvalue weighted by Gasteiger charge is 2.28. The van der Waals surface area contributed by atoms with E-state index in [-0.39, 0.29) is 17.4 Å². The average Bonchev–Trinajstić information content (AvgIpc) is 3.07. The third-order valence-electron chi connectivity index (χ3n) is 4.79. The molecule has 1 fully saturated rings. The summed E-state index contributed by atoms with van der Waals surface area (Å²) in [6.07, 6.45) is 3.34. The SMILES string of the molecule is Cc1[nH]ncc1C(=O)N1CCC[C@H](c2nc3ccccc3c(=O)[nH]2)C1. The Bertz CT molecular complexity index is 990. The number of hydrogen-bond donors (Lipinski definition) is 2. The van der Waals surface area contributed by atoms with E-state index in [1.165, 1.54) is 0 Å². The van der Waals surface area contributed by atoms with Gasteiger partial charge in [0.1, 0.15) is 5.82 Å². The number of aryl methyl sites for hydroxylation is 1. The summed E-state index contributed by atoms with van der Waals surface area (Å²) < 4.78 is 0. The summed E-state index contributed by atoms with van der Waals surface area (Å²) in [6.45, 7) is 3.09. The van der Waals surface area contributed by atoms with Gasteiger partial charge in [0.2, 0.25) is 0 Å². The summed E-state index contributed by atoms with van der Waals surface area (Å²) in [7, 11) is 0. The first-order valence-corrected chi connectivity index (χ1v) is 8.41. The highest BCUT2D eigenvalue weighted by Crippen LogP contribution is 2.26. The first-order chi connectivity index (χ1) is 12.1. The van der Waals surface area contributed by atoms with Crippen LogP contribution in [0.3, 0.4) is 0 Å². The van der Waals surface area contributed by atoms with Crippen LogP contribution in [0.1, 0.15) is 40.6 Å². The number of nitrogens with one attached hydrogen (secondary N) is 2. The Labute approximate surface area is 144 Å². The van der Waals surface area contributed by atoms with E-state index in [2.05, 4.69) is 20.2 Å². The summed E-state index contributed by atoms with van der Waals surface area (Å²) in [5.74, 6) is 0.659. The lowest BCUT2D eigenvalue weighted by atomic mass is 9.96. The Balaban J connectivity index is 1.62. The van der Waals surface area contributed by atoms with Gasteiger partial charge in [-0.3, -0.25) is 14.7 Å². The van der Waals surface area contributed by atoms with Crippen molar-refractivity contribution >= 4 is 16.8 Å². The van der Waals surface area contributed by atoms with Crippen LogP contribution < -0.4 is 5.56 Å². The second kappa shape index (κ2) is 6.16. The molecule has 7 nitrogen and oxygen atoms in total. The number of benzene rings is 1. The molecule has 3 aromatic rings. The number of para-hydroxylation sites is 1. The molecule has 1 saturated heterocycles. The fraction of sp³-hybridized carbons (Fsp3) is 0.333. The number of amides is 1. The van der Waals surface area contributed by atoms with Crippen molar-refractivity contribution in [2.45, 2.75) is 25.7 Å². The molecule has 2 N–H and O–H groups in total. The second-order valence-electron chi connectivity index (χ2n) is 6.47. The number of carbonyl (C=O) groups excluding carboxylic acids is 1. The van der Waals surface area contributed by atoms with Gasteiger partial charge in [0.25, 0.3) is 11.5 Å². The van der Waals surface area contributed by atoms with E-state index in [1.54, 1.807) is 12.3 Å². The first-order valence-electron chi connectivity index (χ1n) is 8.41. The van der Waals surface area contributed by atoms with Gasteiger partial charge in [-0.15, -0.1) is 0 Å². The molecule has 0 saturated carbocycles. The van der Waals surface area contributed by atoms with Crippen molar-refractivity contribution in [2.75, 3.05) is 13.1 Å². The van der Waals surface area contributed by atoms with Gasteiger partial charge in [-0.2, -0.15) is 5.10 Å². The van der Waals surface area contributed by atoms with Gasteiger partial charge < -0.3 is 9.88 Å². The molecule has 25 heavy (non-hydrogen) atoms. The number of carbonyl (C=O) groups is 1. The number of piperidine rings is 1. The second-order valence-corrected chi connectivity index (χ2v) is 6.47. The zero-order valence-corrected chi connectivity index (χ0v) is 14.0. The highest BCUT2D eigenvalue weighted by atomic mass is 16.2. The molecule has 1 aromatic carbocycles. The molecule has 0 radical (unpaired) electrons. The lowest BCUT2D eigenvalue weighted by Gasteiger charge is -2.32. The van der Waals surface area contributed by atoms with Crippen molar-refractivity contribution in [2.24, 2.45) is 0 Å². The van der Waals surface area contributed by atoms with E-state index in [9.17, 15) is 9.59 Å². The van der Waals surface area contributed by atoms with E-state index in [0.29, 0.717) is 35.4 Å². The van der Waals surface area contributed by atoms with Crippen molar-refractivity contribution in [1.29, 1.82) is 0 Å². The molecule has 4 rings (SSSR count). The zero-order chi connectivity index (χ0) is 17.4. The van der Waals surface area contributed by atoms with Crippen LogP contribution in [0, 0.1) is 6.92 Å². The Hall–Kier alpha value is -2.96. The Morgan fingerprint density at radius 2 is 2.16 bits per heavy atom. The van der Waals surface area contributed by atoms with Gasteiger partial charge in [-0.1, -0.05) is 12.1 Å². The van der Waals surface area contributed by atoms with Crippen molar-refractivity contribution in [3.63, 3.8) is 0 Å². The van der Waals surface area contributed by atoms with Crippen molar-refractivity contribution in [3.8, 4) is 0 Å². The summed E-state index contributed by atoms with van der Waals surface area (Å²) in [6, 6.07) is 7.31. The van der Waals surface area contributed by atoms with Crippen LogP contribution in [-0.4, -0.2) is 44.1 Å². The normalized spacial score (nSPS) is 17.8. The summed E-state index contributed by atoms with van der Waals surface area (Å²) in [4.78, 5) is 34.4. The van der Waals surface area contributed by atoms with E-state index < -0.39 is 0 Å². The van der Waals surface area contributed by atoms with Gasteiger partial charge in [-0.25, -0.2) is 4.98 Å². The van der Waals surface area contributed by atoms with Gasteiger partial charge in [0, 0.05) is 24.7 Å². The molecular weight excluding hydrogens is 318 g/mol. The van der Waals surface area contributed by atoms with Crippen LogP contribution in [0.25, 0.3) is 10.9 Å². The maximum Gasteiger partial charge on any atom is 0.258 e. The third-order valence-corrected chi connectivity index (χ3v) is 4.79. The minimum absolute atomic E-state index is 0.0286. The van der Waals surface area contributed by atoms with Gasteiger partial charge in [-0.05, 0) is 31.9 Å². The van der Waals surface area contributed by atoms with Crippen LogP contribution in [0.15, 0.2) is 35.3 Å². The molecular formula is C18H19N5O2. The van der Waals surface area contributed by atoms with Crippen LogP contribution in [0.5, 0.6) is 0 Å². The fourth-order valence-electron chi connectivity index (χ4n) is 3.42. The van der Waals surface area contributed by atoms with Crippen LogP contribution in [0.4, 0.5) is 0 Å². The summed E-state index contributed by atoms with van der Waals surface area (Å²) >= 11 is 0. The largest absolute Gasteiger partial charge is 0.338 e. The van der Waals surface area contributed by atoms with Crippen molar-refractivity contribution in [1.82, 2.24) is 25.1 Å². The average molecular weight is 337 g/mol. The molecule has 1 aliphatic heterocycles. The Morgan fingerprint density at radius 3 is 2.96 bits per heavy atom. The zero-order valence-electron chi connectivity index (χ0n) is 14.0. The number of hydrogen-bond acceptors (Lipinski definition) is 4. The smallest absolute Gasteiger partial charge is 0.258 e. The lowest BCUT2D eigenvalue weighted by Crippen LogP contribution is -2.40. The van der Waals surface area contributed by atoms with Crippen LogP contribution in [0.2, 0.25) is 0 Å². The topological polar surface area (TPSA) is 94.7 Å². The van der Waals surface area contributed by atoms with Gasteiger partial charge in [0.15, 0.2) is 0 Å². The third kappa shape index (κ3) is 2.82.